The largest absolute Gasteiger partial charge is 0.324 e. The molecule has 0 N–H and O–H groups in total. The highest BCUT2D eigenvalue weighted by atomic mass is 32.2. The third kappa shape index (κ3) is 7.59. The molecule has 0 aliphatic carbocycles. The Morgan fingerprint density at radius 1 is 0.615 bits per heavy atom. The average molecular weight is 394 g/mol. The van der Waals surface area contributed by atoms with Gasteiger partial charge in [-0.3, -0.25) is 0 Å². The molecule has 0 bridgehead atoms. The second kappa shape index (κ2) is 9.27. The first-order chi connectivity index (χ1) is 12.4. The lowest BCUT2D eigenvalue weighted by atomic mass is 10.2. The van der Waals surface area contributed by atoms with E-state index in [2.05, 4.69) is 8.37 Å². The first kappa shape index (κ1) is 19.8. The van der Waals surface area contributed by atoms with Crippen molar-refractivity contribution >= 4 is 20.2 Å². The van der Waals surface area contributed by atoms with Crippen LogP contribution in [0, 0.1) is 12.2 Å². The summed E-state index contributed by atoms with van der Waals surface area (Å²) in [5.41, 5.74) is 1.68. The Balaban J connectivity index is 1.79. The van der Waals surface area contributed by atoms with E-state index in [1.807, 2.05) is 12.1 Å². The fourth-order valence-electron chi connectivity index (χ4n) is 2.02. The van der Waals surface area contributed by atoms with Gasteiger partial charge in [0, 0.05) is 0 Å². The van der Waals surface area contributed by atoms with Crippen LogP contribution in [0.1, 0.15) is 11.1 Å². The lowest BCUT2D eigenvalue weighted by molar-refractivity contribution is 0.440. The Bertz CT molecular complexity index is 877. The molecule has 0 unspecified atom stereocenters. The summed E-state index contributed by atoms with van der Waals surface area (Å²) in [5, 5.41) is 0. The van der Waals surface area contributed by atoms with Gasteiger partial charge >= 0.3 is 20.2 Å². The van der Waals surface area contributed by atoms with Crippen molar-refractivity contribution in [3.63, 3.8) is 0 Å². The molecule has 2 aromatic rings. The Labute approximate surface area is 154 Å². The van der Waals surface area contributed by atoms with Gasteiger partial charge < -0.3 is 8.37 Å². The molecule has 2 rings (SSSR count). The Morgan fingerprint density at radius 3 is 1.31 bits per heavy atom. The molecule has 0 aromatic heterocycles. The van der Waals surface area contributed by atoms with Crippen LogP contribution in [0.4, 0.5) is 0 Å². The number of hydrogen-bond donors (Lipinski definition) is 0. The van der Waals surface area contributed by atoms with E-state index in [0.717, 1.165) is 11.1 Å². The first-order valence-corrected chi connectivity index (χ1v) is 10.9. The average Bonchev–Trinajstić information content (AvgIpc) is 2.64. The standard InChI is InChI=1S/C18H18O6S2/c19-25(20,15-11-17-7-3-1-4-8-17)23-13-14-24-26(21,22)16-12-18-9-5-2-6-10-18/h1-10H,11-12,15-16H2. The maximum atomic E-state index is 11.7. The van der Waals surface area contributed by atoms with Crippen LogP contribution in [0.5, 0.6) is 0 Å². The van der Waals surface area contributed by atoms with Gasteiger partial charge in [0.1, 0.15) is 0 Å². The van der Waals surface area contributed by atoms with Crippen molar-refractivity contribution < 1.29 is 25.2 Å². The van der Waals surface area contributed by atoms with Crippen LogP contribution in [-0.2, 0) is 41.4 Å². The minimum absolute atomic E-state index is 0.265. The van der Waals surface area contributed by atoms with Crippen molar-refractivity contribution in [3.05, 3.63) is 71.8 Å². The summed E-state index contributed by atoms with van der Waals surface area (Å²) in [6.45, 7) is 0. The normalized spacial score (nSPS) is 11.2. The summed E-state index contributed by atoms with van der Waals surface area (Å²) < 4.78 is 55.7. The molecule has 0 spiro atoms. The molecular formula is C18H18O6S2. The number of rotatable bonds is 8. The van der Waals surface area contributed by atoms with E-state index in [9.17, 15) is 16.8 Å². The second-order valence-electron chi connectivity index (χ2n) is 5.37. The van der Waals surface area contributed by atoms with Gasteiger partial charge in [-0.2, -0.15) is 16.8 Å². The van der Waals surface area contributed by atoms with E-state index < -0.39 is 20.2 Å². The monoisotopic (exact) mass is 394 g/mol. The van der Waals surface area contributed by atoms with Crippen molar-refractivity contribution in [2.75, 3.05) is 11.5 Å². The summed E-state index contributed by atoms with van der Waals surface area (Å²) in [6, 6.07) is 18.0. The molecule has 0 saturated heterocycles. The van der Waals surface area contributed by atoms with Gasteiger partial charge in [0.05, 0.1) is 11.5 Å². The van der Waals surface area contributed by atoms with Crippen LogP contribution >= 0.6 is 0 Å². The highest BCUT2D eigenvalue weighted by Crippen LogP contribution is 2.04. The van der Waals surface area contributed by atoms with Gasteiger partial charge in [0.15, 0.2) is 12.2 Å². The molecule has 0 aliphatic rings. The van der Waals surface area contributed by atoms with Crippen LogP contribution in [0.15, 0.2) is 60.7 Å². The second-order valence-corrected chi connectivity index (χ2v) is 8.75. The van der Waals surface area contributed by atoms with Gasteiger partial charge in [-0.1, -0.05) is 60.7 Å². The van der Waals surface area contributed by atoms with Crippen LogP contribution in [0.2, 0.25) is 0 Å². The first-order valence-electron chi connectivity index (χ1n) is 7.76. The molecule has 0 fully saturated rings. The fraction of sp³-hybridized carbons (Fsp3) is 0.222. The van der Waals surface area contributed by atoms with E-state index in [4.69, 9.17) is 0 Å². The van der Waals surface area contributed by atoms with Gasteiger partial charge in [0.2, 0.25) is 0 Å². The summed E-state index contributed by atoms with van der Waals surface area (Å²) in [7, 11) is -7.80. The number of hydrogen-bond acceptors (Lipinski definition) is 6. The molecule has 8 heteroatoms. The topological polar surface area (TPSA) is 86.7 Å². The third-order valence-electron chi connectivity index (χ3n) is 3.35. The summed E-state index contributed by atoms with van der Waals surface area (Å²) in [4.78, 5) is 0. The van der Waals surface area contributed by atoms with Crippen LogP contribution in [0.3, 0.4) is 0 Å². The van der Waals surface area contributed by atoms with E-state index in [-0.39, 0.29) is 24.3 Å². The Kier molecular flexibility index (Phi) is 7.06. The smallest absolute Gasteiger partial charge is 0.317 e. The summed E-state index contributed by atoms with van der Waals surface area (Å²) in [6.07, 6.45) is 4.08. The highest BCUT2D eigenvalue weighted by molar-refractivity contribution is 7.87. The highest BCUT2D eigenvalue weighted by Gasteiger charge is 2.12. The minimum Gasteiger partial charge on any atom is -0.324 e. The molecule has 0 saturated carbocycles. The summed E-state index contributed by atoms with van der Waals surface area (Å²) in [5.74, 6) is -0.543. The quantitative estimate of drug-likeness (QED) is 0.503. The van der Waals surface area contributed by atoms with Crippen molar-refractivity contribution in [1.82, 2.24) is 0 Å². The van der Waals surface area contributed by atoms with E-state index in [1.165, 1.54) is 0 Å². The van der Waals surface area contributed by atoms with E-state index in [0.29, 0.717) is 0 Å². The molecule has 0 aliphatic heterocycles. The van der Waals surface area contributed by atoms with Crippen molar-refractivity contribution in [3.8, 4) is 12.2 Å². The van der Waals surface area contributed by atoms with Crippen molar-refractivity contribution in [2.24, 2.45) is 0 Å². The molecule has 26 heavy (non-hydrogen) atoms. The zero-order valence-electron chi connectivity index (χ0n) is 13.9. The van der Waals surface area contributed by atoms with E-state index in [1.54, 1.807) is 60.7 Å². The molecule has 2 aromatic carbocycles. The third-order valence-corrected chi connectivity index (χ3v) is 5.43. The van der Waals surface area contributed by atoms with Crippen molar-refractivity contribution in [2.45, 2.75) is 12.8 Å². The van der Waals surface area contributed by atoms with Gasteiger partial charge in [0.25, 0.3) is 0 Å². The minimum atomic E-state index is -3.90. The Hall–Kier alpha value is -2.50. The predicted octanol–water partition coefficient (Wildman–Crippen LogP) is 2.08. The summed E-state index contributed by atoms with van der Waals surface area (Å²) >= 11 is 0. The molecule has 0 atom stereocenters. The van der Waals surface area contributed by atoms with Gasteiger partial charge in [-0.25, -0.2) is 0 Å². The molecule has 6 nitrogen and oxygen atoms in total. The zero-order chi connectivity index (χ0) is 18.9. The molecule has 138 valence electrons. The fourth-order valence-corrected chi connectivity index (χ4v) is 3.48. The lowest BCUT2D eigenvalue weighted by Gasteiger charge is -2.02. The van der Waals surface area contributed by atoms with E-state index >= 15 is 0 Å². The van der Waals surface area contributed by atoms with Crippen molar-refractivity contribution in [1.29, 1.82) is 0 Å². The van der Waals surface area contributed by atoms with Crippen LogP contribution in [0.25, 0.3) is 0 Å². The molecule has 0 heterocycles. The Morgan fingerprint density at radius 2 is 0.962 bits per heavy atom. The predicted molar refractivity (Wildman–Crippen MR) is 97.8 cm³/mol. The van der Waals surface area contributed by atoms with Gasteiger partial charge in [-0.15, -0.1) is 0 Å². The SMILES string of the molecule is O=S(=O)(CCc1ccccc1)OC#COS(=O)(=O)CCc1ccccc1. The maximum Gasteiger partial charge on any atom is 0.317 e. The molecular weight excluding hydrogens is 376 g/mol. The molecule has 0 radical (unpaired) electrons. The van der Waals surface area contributed by atoms with Gasteiger partial charge in [-0.05, 0) is 24.0 Å². The number of aryl methyl sites for hydroxylation is 2. The maximum absolute atomic E-state index is 11.7. The van der Waals surface area contributed by atoms with Crippen LogP contribution in [-0.4, -0.2) is 28.3 Å². The van der Waals surface area contributed by atoms with Crippen LogP contribution < -0.4 is 0 Å². The number of benzene rings is 2. The lowest BCUT2D eigenvalue weighted by Crippen LogP contribution is -2.11. The zero-order valence-corrected chi connectivity index (χ0v) is 15.5. The molecule has 0 amide bonds.